The molecule has 1 N–H and O–H groups in total. The number of azo groups is 1. The van der Waals surface area contributed by atoms with E-state index in [1.807, 2.05) is 24.3 Å². The van der Waals surface area contributed by atoms with Crippen molar-refractivity contribution in [3.05, 3.63) is 54.1 Å². The standard InChI is InChI=1S/C17H19N3O2.3C4H9.Sn/c1-3-20(4-2)14-11-9-13(10-12-14)18-19-16-8-6-5-7-15(16)17(21)22;3*1-3-4-2;/h5-12H,3-4H2,1-2H3,(H,21,22);3*1,3-4H2,2H3;. The zero-order valence-electron chi connectivity index (χ0n) is 22.6. The summed E-state index contributed by atoms with van der Waals surface area (Å²) in [6, 6.07) is 14.3. The van der Waals surface area contributed by atoms with E-state index in [2.05, 4.69) is 49.7 Å². The van der Waals surface area contributed by atoms with Gasteiger partial charge in [0.15, 0.2) is 0 Å². The van der Waals surface area contributed by atoms with Crippen LogP contribution in [0.1, 0.15) is 83.5 Å². The molecular formula is C29H46N3O2Sn. The molecule has 2 rings (SSSR count). The van der Waals surface area contributed by atoms with E-state index in [0.29, 0.717) is 11.4 Å². The van der Waals surface area contributed by atoms with Gasteiger partial charge in [-0.15, -0.1) is 5.11 Å². The molecule has 0 aliphatic rings. The Morgan fingerprint density at radius 2 is 1.29 bits per heavy atom. The summed E-state index contributed by atoms with van der Waals surface area (Å²) in [7, 11) is 0. The number of hydrogen-bond donors (Lipinski definition) is 1. The first-order chi connectivity index (χ1) is 17.0. The smallest absolute Gasteiger partial charge is 0.337 e. The molecule has 0 amide bonds. The van der Waals surface area contributed by atoms with E-state index >= 15 is 0 Å². The van der Waals surface area contributed by atoms with Crippen LogP contribution in [0.2, 0.25) is 13.3 Å². The predicted molar refractivity (Wildman–Crippen MR) is 152 cm³/mol. The first-order valence-electron chi connectivity index (χ1n) is 13.4. The average Bonchev–Trinajstić information content (AvgIpc) is 2.89. The second kappa shape index (κ2) is 19.3. The Bertz CT molecular complexity index is 832. The fourth-order valence-corrected chi connectivity index (χ4v) is 13.3. The monoisotopic (exact) mass is 588 g/mol. The van der Waals surface area contributed by atoms with Gasteiger partial charge in [-0.05, 0) is 50.2 Å². The predicted octanol–water partition coefficient (Wildman–Crippen LogP) is 9.53. The number of carboxylic acid groups (broad SMARTS) is 1. The fourth-order valence-electron chi connectivity index (χ4n) is 3.83. The summed E-state index contributed by atoms with van der Waals surface area (Å²) < 4.78 is 5.04. The molecule has 0 aliphatic heterocycles. The number of aromatic carboxylic acids is 1. The van der Waals surface area contributed by atoms with E-state index in [9.17, 15) is 4.79 Å². The van der Waals surface area contributed by atoms with E-state index in [-0.39, 0.29) is 5.56 Å². The minimum atomic E-state index is -1.01. The number of hydrogen-bond acceptors (Lipinski definition) is 4. The van der Waals surface area contributed by atoms with Crippen molar-refractivity contribution in [1.29, 1.82) is 0 Å². The van der Waals surface area contributed by atoms with Gasteiger partial charge in [-0.2, -0.15) is 5.11 Å². The Morgan fingerprint density at radius 3 is 1.74 bits per heavy atom. The van der Waals surface area contributed by atoms with E-state index in [1.54, 1.807) is 31.5 Å². The van der Waals surface area contributed by atoms with Crippen LogP contribution in [0.25, 0.3) is 0 Å². The Balaban J connectivity index is 0.000000405. The topological polar surface area (TPSA) is 65.3 Å². The van der Waals surface area contributed by atoms with Crippen molar-refractivity contribution in [2.45, 2.75) is 86.5 Å². The maximum atomic E-state index is 11.1. The summed E-state index contributed by atoms with van der Waals surface area (Å²) in [4.78, 5) is 13.3. The molecule has 0 atom stereocenters. The van der Waals surface area contributed by atoms with Gasteiger partial charge >= 0.3 is 98.3 Å². The van der Waals surface area contributed by atoms with Crippen LogP contribution < -0.4 is 4.90 Å². The molecule has 0 spiro atoms. The van der Waals surface area contributed by atoms with Gasteiger partial charge in [0.05, 0.1) is 11.3 Å². The van der Waals surface area contributed by atoms with Crippen LogP contribution in [-0.2, 0) is 0 Å². The van der Waals surface area contributed by atoms with Gasteiger partial charge in [-0.25, -0.2) is 4.79 Å². The number of carboxylic acids is 1. The van der Waals surface area contributed by atoms with E-state index in [1.165, 1.54) is 44.6 Å². The van der Waals surface area contributed by atoms with Crippen molar-refractivity contribution >= 4 is 42.8 Å². The number of unbranched alkanes of at least 4 members (excludes halogenated alkanes) is 3. The van der Waals surface area contributed by atoms with E-state index in [4.69, 9.17) is 5.11 Å². The summed E-state index contributed by atoms with van der Waals surface area (Å²) in [5, 5.41) is 17.3. The maximum Gasteiger partial charge on any atom is 0.337 e. The second-order valence-corrected chi connectivity index (χ2v) is 17.3. The Labute approximate surface area is 220 Å². The van der Waals surface area contributed by atoms with Crippen LogP contribution in [-0.4, -0.2) is 43.9 Å². The van der Waals surface area contributed by atoms with Crippen molar-refractivity contribution in [3.63, 3.8) is 0 Å². The first-order valence-corrected chi connectivity index (χ1v) is 19.5. The number of carbonyl (C=O) groups is 1. The van der Waals surface area contributed by atoms with Crippen molar-refractivity contribution in [2.24, 2.45) is 10.2 Å². The van der Waals surface area contributed by atoms with Crippen molar-refractivity contribution in [1.82, 2.24) is 0 Å². The molecule has 0 unspecified atom stereocenters. The number of benzene rings is 2. The Kier molecular flexibility index (Phi) is 17.2. The van der Waals surface area contributed by atoms with Crippen LogP contribution in [0.15, 0.2) is 58.8 Å². The van der Waals surface area contributed by atoms with Crippen LogP contribution in [0.4, 0.5) is 17.1 Å². The minimum Gasteiger partial charge on any atom is -0.478 e. The van der Waals surface area contributed by atoms with Crippen molar-refractivity contribution < 1.29 is 9.90 Å². The van der Waals surface area contributed by atoms with E-state index < -0.39 is 25.7 Å². The largest absolute Gasteiger partial charge is 0.478 e. The average molecular weight is 587 g/mol. The Morgan fingerprint density at radius 1 is 0.771 bits per heavy atom. The molecule has 0 heterocycles. The van der Waals surface area contributed by atoms with Gasteiger partial charge in [0.25, 0.3) is 0 Å². The van der Waals surface area contributed by atoms with Crippen LogP contribution in [0, 0.1) is 0 Å². The zero-order chi connectivity index (χ0) is 25.9. The molecule has 2 aromatic carbocycles. The molecule has 0 saturated heterocycles. The third-order valence-electron chi connectivity index (χ3n) is 6.04. The second-order valence-electron chi connectivity index (χ2n) is 8.77. The third kappa shape index (κ3) is 12.6. The van der Waals surface area contributed by atoms with Gasteiger partial charge in [0, 0.05) is 18.8 Å². The van der Waals surface area contributed by atoms with Gasteiger partial charge in [-0.3, -0.25) is 0 Å². The first kappa shape index (κ1) is 31.1. The molecule has 0 fully saturated rings. The summed E-state index contributed by atoms with van der Waals surface area (Å²) in [5.74, 6) is -1.01. The van der Waals surface area contributed by atoms with Gasteiger partial charge in [0.2, 0.25) is 0 Å². The summed E-state index contributed by atoms with van der Waals surface area (Å²) >= 11 is -0.839. The van der Waals surface area contributed by atoms with Gasteiger partial charge < -0.3 is 10.0 Å². The zero-order valence-corrected chi connectivity index (χ0v) is 25.4. The summed E-state index contributed by atoms with van der Waals surface area (Å²) in [6.07, 6.45) is 8.85. The van der Waals surface area contributed by atoms with Crippen LogP contribution in [0.5, 0.6) is 0 Å². The molecular weight excluding hydrogens is 541 g/mol. The number of anilines is 1. The molecule has 5 nitrogen and oxygen atoms in total. The molecule has 2 aromatic rings. The molecule has 35 heavy (non-hydrogen) atoms. The molecule has 0 bridgehead atoms. The van der Waals surface area contributed by atoms with Gasteiger partial charge in [-0.1, -0.05) is 12.1 Å². The van der Waals surface area contributed by atoms with E-state index in [0.717, 1.165) is 18.8 Å². The van der Waals surface area contributed by atoms with Crippen LogP contribution >= 0.6 is 0 Å². The molecule has 0 saturated carbocycles. The third-order valence-corrected chi connectivity index (χ3v) is 15.1. The molecule has 193 valence electrons. The SMILES string of the molecule is CCC[CH2][Sn]([CH2]CCC)[CH2]CCC.CCN(CC)c1ccc(N=Nc2ccccc2C(=O)O)cc1. The van der Waals surface area contributed by atoms with Gasteiger partial charge in [0.1, 0.15) is 5.69 Å². The normalized spacial score (nSPS) is 10.9. The maximum absolute atomic E-state index is 11.1. The minimum absolute atomic E-state index is 0.144. The number of rotatable bonds is 15. The fraction of sp³-hybridized carbons (Fsp3) is 0.552. The molecule has 0 aliphatic carbocycles. The summed E-state index contributed by atoms with van der Waals surface area (Å²) in [6.45, 7) is 13.1. The quantitative estimate of drug-likeness (QED) is 0.167. The molecule has 6 heteroatoms. The Hall–Kier alpha value is -1.89. The molecule has 0 aromatic heterocycles. The summed E-state index contributed by atoms with van der Waals surface area (Å²) in [5.41, 5.74) is 2.32. The van der Waals surface area contributed by atoms with Crippen molar-refractivity contribution in [2.75, 3.05) is 18.0 Å². The molecule has 1 radical (unpaired) electrons. The number of nitrogens with zero attached hydrogens (tertiary/aromatic N) is 3. The van der Waals surface area contributed by atoms with Crippen molar-refractivity contribution in [3.8, 4) is 0 Å². The van der Waals surface area contributed by atoms with Crippen LogP contribution in [0.3, 0.4) is 0 Å².